The molecule has 1 saturated heterocycles. The third-order valence-corrected chi connectivity index (χ3v) is 3.33. The summed E-state index contributed by atoms with van der Waals surface area (Å²) >= 11 is 0. The lowest BCUT2D eigenvalue weighted by Gasteiger charge is -2.19. The number of hydrogen-bond acceptors (Lipinski definition) is 3. The van der Waals surface area contributed by atoms with Gasteiger partial charge in [-0.2, -0.15) is 0 Å². The van der Waals surface area contributed by atoms with Crippen LogP contribution in [0, 0.1) is 0 Å². The molecule has 0 aliphatic carbocycles. The molecule has 0 unspecified atom stereocenters. The Balaban J connectivity index is 1.95. The second kappa shape index (κ2) is 4.37. The fourth-order valence-corrected chi connectivity index (χ4v) is 2.30. The van der Waals surface area contributed by atoms with Gasteiger partial charge in [-0.05, 0) is 18.9 Å². The molecule has 4 heteroatoms. The number of rotatable bonds is 2. The summed E-state index contributed by atoms with van der Waals surface area (Å²) in [7, 11) is 1.67. The smallest absolute Gasteiger partial charge is 0.140 e. The molecule has 0 atom stereocenters. The predicted molar refractivity (Wildman–Crippen MR) is 64.5 cm³/mol. The van der Waals surface area contributed by atoms with Gasteiger partial charge in [0.05, 0.1) is 12.8 Å². The van der Waals surface area contributed by atoms with Crippen molar-refractivity contribution in [1.29, 1.82) is 0 Å². The van der Waals surface area contributed by atoms with E-state index < -0.39 is 0 Å². The van der Waals surface area contributed by atoms with Gasteiger partial charge in [-0.1, -0.05) is 0 Å². The molecule has 0 spiro atoms. The molecule has 17 heavy (non-hydrogen) atoms. The molecule has 2 aromatic heterocycles. The minimum atomic E-state index is 0.537. The zero-order valence-corrected chi connectivity index (χ0v) is 9.93. The maximum atomic E-state index is 5.38. The number of nitrogens with zero attached hydrogens (tertiary/aromatic N) is 2. The first-order valence-corrected chi connectivity index (χ1v) is 5.97. The number of imidazole rings is 1. The lowest BCUT2D eigenvalue weighted by Crippen LogP contribution is -2.14. The van der Waals surface area contributed by atoms with E-state index in [2.05, 4.69) is 11.2 Å². The molecule has 0 bridgehead atoms. The molecule has 90 valence electrons. The second-order valence-corrected chi connectivity index (χ2v) is 4.38. The average molecular weight is 232 g/mol. The molecule has 4 nitrogen and oxygen atoms in total. The van der Waals surface area contributed by atoms with Gasteiger partial charge in [-0.3, -0.25) is 0 Å². The predicted octanol–water partition coefficient (Wildman–Crippen LogP) is 2.24. The highest BCUT2D eigenvalue weighted by molar-refractivity contribution is 5.46. The van der Waals surface area contributed by atoms with E-state index in [-0.39, 0.29) is 0 Å². The number of ether oxygens (including phenoxy) is 2. The summed E-state index contributed by atoms with van der Waals surface area (Å²) in [6.45, 7) is 1.70. The zero-order chi connectivity index (χ0) is 11.7. The van der Waals surface area contributed by atoms with Crippen molar-refractivity contribution in [2.45, 2.75) is 18.8 Å². The summed E-state index contributed by atoms with van der Waals surface area (Å²) in [6, 6.07) is 3.91. The highest BCUT2D eigenvalue weighted by Crippen LogP contribution is 2.26. The zero-order valence-electron chi connectivity index (χ0n) is 9.93. The van der Waals surface area contributed by atoms with E-state index in [1.54, 1.807) is 7.11 Å². The lowest BCUT2D eigenvalue weighted by atomic mass is 9.97. The van der Waals surface area contributed by atoms with Gasteiger partial charge in [0.25, 0.3) is 0 Å². The van der Waals surface area contributed by atoms with E-state index in [1.807, 2.05) is 22.7 Å². The van der Waals surface area contributed by atoms with Gasteiger partial charge in [-0.25, -0.2) is 4.98 Å². The molecule has 1 fully saturated rings. The van der Waals surface area contributed by atoms with Crippen molar-refractivity contribution >= 4 is 5.65 Å². The molecule has 3 rings (SSSR count). The van der Waals surface area contributed by atoms with Gasteiger partial charge < -0.3 is 13.9 Å². The Morgan fingerprint density at radius 2 is 2.24 bits per heavy atom. The fraction of sp³-hybridized carbons (Fsp3) is 0.462. The summed E-state index contributed by atoms with van der Waals surface area (Å²) in [6.07, 6.45) is 6.25. The normalized spacial score (nSPS) is 17.5. The lowest BCUT2D eigenvalue weighted by molar-refractivity contribution is 0.0846. The first-order chi connectivity index (χ1) is 8.36. The Labute approximate surface area is 100 Å². The SMILES string of the molecule is COc1ccn2cc(C3CCOCC3)nc2c1. The van der Waals surface area contributed by atoms with E-state index in [4.69, 9.17) is 9.47 Å². The maximum Gasteiger partial charge on any atom is 0.140 e. The van der Waals surface area contributed by atoms with Gasteiger partial charge in [0.2, 0.25) is 0 Å². The second-order valence-electron chi connectivity index (χ2n) is 4.38. The van der Waals surface area contributed by atoms with Crippen LogP contribution in [-0.2, 0) is 4.74 Å². The summed E-state index contributed by atoms with van der Waals surface area (Å²) in [5.41, 5.74) is 2.12. The van der Waals surface area contributed by atoms with Crippen LogP contribution in [-0.4, -0.2) is 29.7 Å². The van der Waals surface area contributed by atoms with Crippen LogP contribution in [0.15, 0.2) is 24.5 Å². The Hall–Kier alpha value is -1.55. The first-order valence-electron chi connectivity index (χ1n) is 5.97. The fourth-order valence-electron chi connectivity index (χ4n) is 2.30. The van der Waals surface area contributed by atoms with Gasteiger partial charge in [-0.15, -0.1) is 0 Å². The molecule has 3 heterocycles. The number of hydrogen-bond donors (Lipinski definition) is 0. The molecular formula is C13H16N2O2. The van der Waals surface area contributed by atoms with E-state index in [1.165, 1.54) is 5.69 Å². The standard InChI is InChI=1S/C13H16N2O2/c1-16-11-2-5-15-9-12(14-13(15)8-11)10-3-6-17-7-4-10/h2,5,8-10H,3-4,6-7H2,1H3. The minimum absolute atomic E-state index is 0.537. The Bertz CT molecular complexity index is 515. The largest absolute Gasteiger partial charge is 0.497 e. The van der Waals surface area contributed by atoms with Crippen LogP contribution in [0.5, 0.6) is 5.75 Å². The van der Waals surface area contributed by atoms with E-state index in [9.17, 15) is 0 Å². The van der Waals surface area contributed by atoms with Crippen molar-refractivity contribution in [3.8, 4) is 5.75 Å². The van der Waals surface area contributed by atoms with Crippen molar-refractivity contribution < 1.29 is 9.47 Å². The van der Waals surface area contributed by atoms with Gasteiger partial charge in [0.15, 0.2) is 0 Å². The van der Waals surface area contributed by atoms with Crippen LogP contribution in [0.4, 0.5) is 0 Å². The molecule has 0 amide bonds. The summed E-state index contributed by atoms with van der Waals surface area (Å²) in [4.78, 5) is 4.67. The molecule has 1 aliphatic heterocycles. The molecule has 0 N–H and O–H groups in total. The molecule has 2 aromatic rings. The number of aromatic nitrogens is 2. The maximum absolute atomic E-state index is 5.38. The molecule has 0 saturated carbocycles. The van der Waals surface area contributed by atoms with Crippen molar-refractivity contribution in [2.75, 3.05) is 20.3 Å². The summed E-state index contributed by atoms with van der Waals surface area (Å²) in [5.74, 6) is 1.39. The summed E-state index contributed by atoms with van der Waals surface area (Å²) < 4.78 is 12.6. The Morgan fingerprint density at radius 1 is 1.41 bits per heavy atom. The average Bonchev–Trinajstić information content (AvgIpc) is 2.82. The van der Waals surface area contributed by atoms with E-state index >= 15 is 0 Å². The van der Waals surface area contributed by atoms with Gasteiger partial charge in [0, 0.05) is 37.6 Å². The molecule has 0 radical (unpaired) electrons. The Kier molecular flexibility index (Phi) is 2.73. The molecule has 0 aromatic carbocycles. The Morgan fingerprint density at radius 3 is 3.00 bits per heavy atom. The van der Waals surface area contributed by atoms with Crippen LogP contribution in [0.1, 0.15) is 24.5 Å². The van der Waals surface area contributed by atoms with E-state index in [0.29, 0.717) is 5.92 Å². The molecular weight excluding hydrogens is 216 g/mol. The number of pyridine rings is 1. The highest BCUT2D eigenvalue weighted by atomic mass is 16.5. The third kappa shape index (κ3) is 2.00. The van der Waals surface area contributed by atoms with Gasteiger partial charge in [0.1, 0.15) is 11.4 Å². The van der Waals surface area contributed by atoms with Crippen LogP contribution in [0.3, 0.4) is 0 Å². The quantitative estimate of drug-likeness (QED) is 0.796. The molecule has 1 aliphatic rings. The van der Waals surface area contributed by atoms with Crippen molar-refractivity contribution in [1.82, 2.24) is 9.38 Å². The van der Waals surface area contributed by atoms with Crippen molar-refractivity contribution in [3.63, 3.8) is 0 Å². The monoisotopic (exact) mass is 232 g/mol. The number of fused-ring (bicyclic) bond motifs is 1. The topological polar surface area (TPSA) is 35.8 Å². The van der Waals surface area contributed by atoms with Crippen molar-refractivity contribution in [3.05, 3.63) is 30.2 Å². The highest BCUT2D eigenvalue weighted by Gasteiger charge is 2.18. The number of methoxy groups -OCH3 is 1. The van der Waals surface area contributed by atoms with Crippen LogP contribution < -0.4 is 4.74 Å². The minimum Gasteiger partial charge on any atom is -0.497 e. The van der Waals surface area contributed by atoms with Gasteiger partial charge >= 0.3 is 0 Å². The first kappa shape index (κ1) is 10.6. The van der Waals surface area contributed by atoms with Crippen molar-refractivity contribution in [2.24, 2.45) is 0 Å². The summed E-state index contributed by atoms with van der Waals surface area (Å²) in [5, 5.41) is 0. The third-order valence-electron chi connectivity index (χ3n) is 3.33. The van der Waals surface area contributed by atoms with E-state index in [0.717, 1.165) is 37.5 Å². The van der Waals surface area contributed by atoms with Crippen LogP contribution in [0.2, 0.25) is 0 Å². The van der Waals surface area contributed by atoms with Crippen LogP contribution >= 0.6 is 0 Å². The van der Waals surface area contributed by atoms with Crippen LogP contribution in [0.25, 0.3) is 5.65 Å².